The van der Waals surface area contributed by atoms with Gasteiger partial charge < -0.3 is 5.32 Å². The van der Waals surface area contributed by atoms with Crippen LogP contribution in [0.2, 0.25) is 0 Å². The molecule has 0 spiro atoms. The Hall–Kier alpha value is -2.18. The van der Waals surface area contributed by atoms with Crippen molar-refractivity contribution in [2.24, 2.45) is 10.6 Å². The average molecular weight is 401 g/mol. The van der Waals surface area contributed by atoms with E-state index in [1.165, 1.54) is 17.7 Å². The van der Waals surface area contributed by atoms with Crippen molar-refractivity contribution in [3.63, 3.8) is 0 Å². The molecule has 2 unspecified atom stereocenters. The van der Waals surface area contributed by atoms with Crippen molar-refractivity contribution in [3.8, 4) is 0 Å². The second-order valence-corrected chi connectivity index (χ2v) is 10.8. The lowest BCUT2D eigenvalue weighted by Crippen LogP contribution is -2.29. The summed E-state index contributed by atoms with van der Waals surface area (Å²) in [6.07, 6.45) is 0. The van der Waals surface area contributed by atoms with Gasteiger partial charge in [-0.25, -0.2) is 13.6 Å². The molecule has 150 valence electrons. The van der Waals surface area contributed by atoms with E-state index in [0.717, 1.165) is 5.56 Å². The van der Waals surface area contributed by atoms with Gasteiger partial charge in [-0.3, -0.25) is 4.79 Å². The third-order valence-corrected chi connectivity index (χ3v) is 6.62. The number of sulfonamides is 1. The van der Waals surface area contributed by atoms with Crippen LogP contribution in [0.3, 0.4) is 0 Å². The normalized spacial score (nSPS) is 21.2. The molecule has 0 heterocycles. The van der Waals surface area contributed by atoms with Crippen LogP contribution >= 0.6 is 0 Å². The van der Waals surface area contributed by atoms with Gasteiger partial charge in [0, 0.05) is 17.5 Å². The van der Waals surface area contributed by atoms with Crippen LogP contribution in [-0.4, -0.2) is 20.4 Å². The fraction of sp³-hybridized carbons (Fsp3) is 0.409. The van der Waals surface area contributed by atoms with Gasteiger partial charge in [0.25, 0.3) is 5.91 Å². The van der Waals surface area contributed by atoms with Gasteiger partial charge in [0.2, 0.25) is 10.0 Å². The van der Waals surface area contributed by atoms with E-state index in [0.29, 0.717) is 5.56 Å². The Morgan fingerprint density at radius 3 is 2.00 bits per heavy atom. The minimum atomic E-state index is -3.71. The first-order chi connectivity index (χ1) is 12.8. The molecule has 0 aliphatic heterocycles. The Bertz CT molecular complexity index is 986. The van der Waals surface area contributed by atoms with Gasteiger partial charge in [0.05, 0.1) is 4.90 Å². The average Bonchev–Trinajstić information content (AvgIpc) is 3.13. The topological polar surface area (TPSA) is 89.3 Å². The molecule has 0 aromatic heterocycles. The number of hydrogen-bond acceptors (Lipinski definition) is 3. The molecular weight excluding hydrogens is 372 g/mol. The maximum absolute atomic E-state index is 12.7. The van der Waals surface area contributed by atoms with Crippen molar-refractivity contribution in [1.82, 2.24) is 5.32 Å². The molecule has 2 atom stereocenters. The van der Waals surface area contributed by atoms with Gasteiger partial charge >= 0.3 is 0 Å². The molecule has 1 aliphatic carbocycles. The van der Waals surface area contributed by atoms with Gasteiger partial charge in [0.1, 0.15) is 0 Å². The van der Waals surface area contributed by atoms with Crippen LogP contribution < -0.4 is 10.5 Å². The van der Waals surface area contributed by atoms with E-state index >= 15 is 0 Å². The highest BCUT2D eigenvalue weighted by Gasteiger charge is 2.59. The van der Waals surface area contributed by atoms with E-state index in [1.807, 2.05) is 24.3 Å². The fourth-order valence-electron chi connectivity index (χ4n) is 3.74. The molecule has 6 heteroatoms. The molecular formula is C22H28N2O3S. The van der Waals surface area contributed by atoms with E-state index in [9.17, 15) is 13.2 Å². The Balaban J connectivity index is 1.73. The highest BCUT2D eigenvalue weighted by atomic mass is 32.2. The van der Waals surface area contributed by atoms with Gasteiger partial charge in [-0.2, -0.15) is 0 Å². The second kappa shape index (κ2) is 6.71. The Morgan fingerprint density at radius 2 is 1.54 bits per heavy atom. The van der Waals surface area contributed by atoms with Crippen molar-refractivity contribution in [2.75, 3.05) is 0 Å². The largest absolute Gasteiger partial charge is 0.348 e. The predicted molar refractivity (Wildman–Crippen MR) is 111 cm³/mol. The lowest BCUT2D eigenvalue weighted by molar-refractivity contribution is 0.0946. The number of carbonyl (C=O) groups excluding carboxylic acids is 1. The minimum absolute atomic E-state index is 0.0115. The number of nitrogens with two attached hydrogens (primary N) is 1. The number of primary sulfonamides is 1. The number of rotatable bonds is 4. The van der Waals surface area contributed by atoms with Crippen LogP contribution in [0.4, 0.5) is 0 Å². The van der Waals surface area contributed by atoms with Crippen molar-refractivity contribution in [2.45, 2.75) is 56.9 Å². The van der Waals surface area contributed by atoms with E-state index in [2.05, 4.69) is 39.9 Å². The van der Waals surface area contributed by atoms with Crippen molar-refractivity contribution in [3.05, 3.63) is 65.2 Å². The zero-order valence-corrected chi connectivity index (χ0v) is 17.8. The highest BCUT2D eigenvalue weighted by Crippen LogP contribution is 2.58. The number of amides is 1. The number of benzene rings is 2. The predicted octanol–water partition coefficient (Wildman–Crippen LogP) is 3.55. The van der Waals surface area contributed by atoms with Gasteiger partial charge in [-0.05, 0) is 46.2 Å². The monoisotopic (exact) mass is 400 g/mol. The van der Waals surface area contributed by atoms with Gasteiger partial charge in [-0.15, -0.1) is 0 Å². The smallest absolute Gasteiger partial charge is 0.251 e. The quantitative estimate of drug-likeness (QED) is 0.822. The van der Waals surface area contributed by atoms with Crippen LogP contribution in [0.15, 0.2) is 53.4 Å². The Labute approximate surface area is 167 Å². The number of hydrogen-bond donors (Lipinski definition) is 2. The summed E-state index contributed by atoms with van der Waals surface area (Å²) in [5.41, 5.74) is 2.75. The molecule has 0 bridgehead atoms. The molecule has 0 radical (unpaired) electrons. The number of nitrogens with one attached hydrogen (secondary N) is 1. The number of carbonyl (C=O) groups is 1. The minimum Gasteiger partial charge on any atom is -0.348 e. The molecule has 2 aromatic rings. The molecule has 3 rings (SSSR count). The molecule has 1 amide bonds. The zero-order chi connectivity index (χ0) is 20.9. The van der Waals surface area contributed by atoms with E-state index in [-0.39, 0.29) is 33.6 Å². The fourth-order valence-corrected chi connectivity index (χ4v) is 4.26. The first-order valence-corrected chi connectivity index (χ1v) is 10.9. The summed E-state index contributed by atoms with van der Waals surface area (Å²) in [5, 5.41) is 8.29. The Morgan fingerprint density at radius 1 is 1.00 bits per heavy atom. The van der Waals surface area contributed by atoms with Crippen LogP contribution in [0.1, 0.15) is 62.0 Å². The third-order valence-electron chi connectivity index (χ3n) is 5.69. The lowest BCUT2D eigenvalue weighted by atomic mass is 9.87. The second-order valence-electron chi connectivity index (χ2n) is 9.19. The molecule has 28 heavy (non-hydrogen) atoms. The van der Waals surface area contributed by atoms with Gasteiger partial charge in [-0.1, -0.05) is 58.9 Å². The molecule has 2 aromatic carbocycles. The van der Waals surface area contributed by atoms with E-state index < -0.39 is 10.0 Å². The summed E-state index contributed by atoms with van der Waals surface area (Å²) in [5.74, 6) is 0.0296. The van der Waals surface area contributed by atoms with Crippen molar-refractivity contribution >= 4 is 15.9 Å². The third kappa shape index (κ3) is 3.98. The van der Waals surface area contributed by atoms with Crippen LogP contribution in [-0.2, 0) is 15.4 Å². The summed E-state index contributed by atoms with van der Waals surface area (Å²) in [6.45, 7) is 10.6. The zero-order valence-electron chi connectivity index (χ0n) is 17.0. The summed E-state index contributed by atoms with van der Waals surface area (Å²) >= 11 is 0. The summed E-state index contributed by atoms with van der Waals surface area (Å²) in [7, 11) is -3.71. The first-order valence-electron chi connectivity index (χ1n) is 9.36. The van der Waals surface area contributed by atoms with Crippen LogP contribution in [0, 0.1) is 5.41 Å². The summed E-state index contributed by atoms with van der Waals surface area (Å²) in [6, 6.07) is 14.3. The van der Waals surface area contributed by atoms with E-state index in [1.54, 1.807) is 12.1 Å². The van der Waals surface area contributed by atoms with Crippen LogP contribution in [0.5, 0.6) is 0 Å². The molecule has 5 nitrogen and oxygen atoms in total. The molecule has 0 saturated heterocycles. The summed E-state index contributed by atoms with van der Waals surface area (Å²) in [4.78, 5) is 12.8. The van der Waals surface area contributed by atoms with Crippen molar-refractivity contribution in [1.29, 1.82) is 0 Å². The molecule has 1 saturated carbocycles. The highest BCUT2D eigenvalue weighted by molar-refractivity contribution is 7.89. The Kier molecular flexibility index (Phi) is 4.92. The maximum atomic E-state index is 12.7. The van der Waals surface area contributed by atoms with Crippen LogP contribution in [0.25, 0.3) is 0 Å². The lowest BCUT2D eigenvalue weighted by Gasteiger charge is -2.19. The maximum Gasteiger partial charge on any atom is 0.251 e. The molecule has 1 fully saturated rings. The van der Waals surface area contributed by atoms with E-state index in [4.69, 9.17) is 5.14 Å². The van der Waals surface area contributed by atoms with Crippen molar-refractivity contribution < 1.29 is 13.2 Å². The molecule has 3 N–H and O–H groups in total. The summed E-state index contributed by atoms with van der Waals surface area (Å²) < 4.78 is 22.9. The molecule has 1 aliphatic rings. The standard InChI is InChI=1S/C22H28N2O3S/c1-21(2,3)16-10-6-15(7-11-16)20(25)24-19-18(22(19,4)5)14-8-12-17(13-9-14)28(23,26)27/h6-13,18-19H,1-5H3,(H,24,25)(H2,23,26,27). The first kappa shape index (κ1) is 20.6. The SMILES string of the molecule is CC(C)(C)c1ccc(C(=O)NC2C(c3ccc(S(N)(=O)=O)cc3)C2(C)C)cc1. The van der Waals surface area contributed by atoms with Gasteiger partial charge in [0.15, 0.2) is 0 Å².